The Kier molecular flexibility index (Phi) is 4.04. The molecule has 1 heterocycles. The number of benzene rings is 1. The van der Waals surface area contributed by atoms with Gasteiger partial charge in [-0.15, -0.1) is 0 Å². The highest BCUT2D eigenvalue weighted by molar-refractivity contribution is 6.31. The van der Waals surface area contributed by atoms with Gasteiger partial charge in [0.15, 0.2) is 0 Å². The maximum absolute atomic E-state index is 6.24. The molecule has 104 valence electrons. The molecule has 2 nitrogen and oxygen atoms in total. The van der Waals surface area contributed by atoms with E-state index in [2.05, 4.69) is 34.6 Å². The summed E-state index contributed by atoms with van der Waals surface area (Å²) >= 11 is 6.24. The first-order valence-corrected chi connectivity index (χ1v) is 7.51. The summed E-state index contributed by atoms with van der Waals surface area (Å²) in [7, 11) is 2.04. The summed E-state index contributed by atoms with van der Waals surface area (Å²) in [5.41, 5.74) is 4.17. The summed E-state index contributed by atoms with van der Waals surface area (Å²) in [6.07, 6.45) is 6.89. The fourth-order valence-corrected chi connectivity index (χ4v) is 3.46. The van der Waals surface area contributed by atoms with E-state index in [1.54, 1.807) is 6.20 Å². The molecule has 1 aromatic carbocycles. The lowest BCUT2D eigenvalue weighted by atomic mass is 9.89. The predicted molar refractivity (Wildman–Crippen MR) is 83.3 cm³/mol. The standard InChI is InChI=1S/C17H19ClN2/c1-19-17(10-13-8-9-20-11-16(13)18)15-7-6-12-4-2-3-5-14(12)15/h2-5,8-9,11,15,17,19H,6-7,10H2,1H3. The van der Waals surface area contributed by atoms with Crippen molar-refractivity contribution in [3.05, 3.63) is 64.4 Å². The number of aryl methyl sites for hydroxylation is 1. The second-order valence-corrected chi connectivity index (χ2v) is 5.82. The molecule has 0 aliphatic heterocycles. The highest BCUT2D eigenvalue weighted by atomic mass is 35.5. The Hall–Kier alpha value is -1.38. The van der Waals surface area contributed by atoms with E-state index in [9.17, 15) is 0 Å². The van der Waals surface area contributed by atoms with Gasteiger partial charge in [0.25, 0.3) is 0 Å². The fraction of sp³-hybridized carbons (Fsp3) is 0.353. The van der Waals surface area contributed by atoms with Crippen LogP contribution in [0.4, 0.5) is 0 Å². The second kappa shape index (κ2) is 5.94. The minimum absolute atomic E-state index is 0.415. The second-order valence-electron chi connectivity index (χ2n) is 5.41. The highest BCUT2D eigenvalue weighted by Crippen LogP contribution is 2.36. The summed E-state index contributed by atoms with van der Waals surface area (Å²) in [4.78, 5) is 4.06. The Morgan fingerprint density at radius 2 is 2.20 bits per heavy atom. The number of halogens is 1. The third-order valence-corrected chi connectivity index (χ3v) is 4.67. The predicted octanol–water partition coefficient (Wildman–Crippen LogP) is 3.60. The van der Waals surface area contributed by atoms with Crippen molar-refractivity contribution in [2.45, 2.75) is 31.2 Å². The summed E-state index contributed by atoms with van der Waals surface area (Å²) in [5, 5.41) is 4.24. The molecule has 3 heteroatoms. The minimum atomic E-state index is 0.415. The Bertz CT molecular complexity index is 597. The number of rotatable bonds is 4. The van der Waals surface area contributed by atoms with Crippen molar-refractivity contribution in [3.63, 3.8) is 0 Å². The van der Waals surface area contributed by atoms with Gasteiger partial charge in [0.2, 0.25) is 0 Å². The molecule has 0 amide bonds. The third kappa shape index (κ3) is 2.58. The average molecular weight is 287 g/mol. The van der Waals surface area contributed by atoms with Crippen LogP contribution in [0.5, 0.6) is 0 Å². The summed E-state index contributed by atoms with van der Waals surface area (Å²) in [6, 6.07) is 11.2. The van der Waals surface area contributed by atoms with E-state index >= 15 is 0 Å². The van der Waals surface area contributed by atoms with Crippen molar-refractivity contribution >= 4 is 11.6 Å². The number of hydrogen-bond donors (Lipinski definition) is 1. The van der Waals surface area contributed by atoms with E-state index < -0.39 is 0 Å². The molecule has 0 radical (unpaired) electrons. The van der Waals surface area contributed by atoms with E-state index in [1.807, 2.05) is 19.3 Å². The fourth-order valence-electron chi connectivity index (χ4n) is 3.26. The van der Waals surface area contributed by atoms with Crippen molar-refractivity contribution in [1.29, 1.82) is 0 Å². The zero-order valence-corrected chi connectivity index (χ0v) is 12.4. The van der Waals surface area contributed by atoms with Gasteiger partial charge in [-0.05, 0) is 49.1 Å². The quantitative estimate of drug-likeness (QED) is 0.929. The molecular formula is C17H19ClN2. The van der Waals surface area contributed by atoms with Crippen molar-refractivity contribution < 1.29 is 0 Å². The number of aromatic nitrogens is 1. The van der Waals surface area contributed by atoms with E-state index in [-0.39, 0.29) is 0 Å². The van der Waals surface area contributed by atoms with Gasteiger partial charge in [-0.25, -0.2) is 0 Å². The van der Waals surface area contributed by atoms with Crippen molar-refractivity contribution in [2.75, 3.05) is 7.05 Å². The Labute approximate surface area is 125 Å². The molecule has 0 spiro atoms. The number of hydrogen-bond acceptors (Lipinski definition) is 2. The zero-order chi connectivity index (χ0) is 13.9. The van der Waals surface area contributed by atoms with Crippen LogP contribution in [0.15, 0.2) is 42.7 Å². The van der Waals surface area contributed by atoms with E-state index in [0.717, 1.165) is 11.4 Å². The molecule has 3 rings (SSSR count). The normalized spacial score (nSPS) is 18.8. The average Bonchev–Trinajstić information content (AvgIpc) is 2.90. The largest absolute Gasteiger partial charge is 0.316 e. The lowest BCUT2D eigenvalue weighted by Crippen LogP contribution is -2.33. The van der Waals surface area contributed by atoms with Crippen LogP contribution >= 0.6 is 11.6 Å². The molecule has 1 N–H and O–H groups in total. The summed E-state index contributed by atoms with van der Waals surface area (Å²) in [5.74, 6) is 0.570. The van der Waals surface area contributed by atoms with Crippen LogP contribution in [0.3, 0.4) is 0 Å². The van der Waals surface area contributed by atoms with Gasteiger partial charge in [0.1, 0.15) is 0 Å². The number of pyridine rings is 1. The van der Waals surface area contributed by atoms with Crippen LogP contribution in [-0.2, 0) is 12.8 Å². The zero-order valence-electron chi connectivity index (χ0n) is 11.6. The van der Waals surface area contributed by atoms with Crippen LogP contribution in [0, 0.1) is 0 Å². The Morgan fingerprint density at radius 1 is 1.35 bits per heavy atom. The Balaban J connectivity index is 1.83. The van der Waals surface area contributed by atoms with Crippen LogP contribution in [0.1, 0.15) is 29.0 Å². The molecule has 1 aliphatic carbocycles. The van der Waals surface area contributed by atoms with E-state index in [4.69, 9.17) is 11.6 Å². The van der Waals surface area contributed by atoms with Gasteiger partial charge in [0, 0.05) is 24.4 Å². The molecule has 0 saturated carbocycles. The first-order valence-electron chi connectivity index (χ1n) is 7.13. The molecule has 2 unspecified atom stereocenters. The van der Waals surface area contributed by atoms with Crippen LogP contribution in [-0.4, -0.2) is 18.1 Å². The molecule has 0 bridgehead atoms. The molecule has 0 fully saturated rings. The molecule has 1 aromatic heterocycles. The van der Waals surface area contributed by atoms with Crippen LogP contribution in [0.25, 0.3) is 0 Å². The minimum Gasteiger partial charge on any atom is -0.316 e. The molecule has 2 atom stereocenters. The van der Waals surface area contributed by atoms with Gasteiger partial charge in [-0.1, -0.05) is 35.9 Å². The third-order valence-electron chi connectivity index (χ3n) is 4.33. The number of nitrogens with one attached hydrogen (secondary N) is 1. The first-order chi connectivity index (χ1) is 9.79. The molecular weight excluding hydrogens is 268 g/mol. The van der Waals surface area contributed by atoms with Gasteiger partial charge < -0.3 is 5.32 Å². The monoisotopic (exact) mass is 286 g/mol. The van der Waals surface area contributed by atoms with Gasteiger partial charge in [-0.3, -0.25) is 4.98 Å². The number of nitrogens with zero attached hydrogens (tertiary/aromatic N) is 1. The smallest absolute Gasteiger partial charge is 0.0621 e. The van der Waals surface area contributed by atoms with Gasteiger partial charge in [-0.2, -0.15) is 0 Å². The Morgan fingerprint density at radius 3 is 3.00 bits per heavy atom. The molecule has 0 saturated heterocycles. The molecule has 20 heavy (non-hydrogen) atoms. The SMILES string of the molecule is CNC(Cc1ccncc1Cl)C1CCc2ccccc21. The molecule has 1 aliphatic rings. The lowest BCUT2D eigenvalue weighted by Gasteiger charge is -2.24. The van der Waals surface area contributed by atoms with Crippen LogP contribution in [0.2, 0.25) is 5.02 Å². The maximum atomic E-state index is 6.24. The molecule has 2 aromatic rings. The van der Waals surface area contributed by atoms with E-state index in [1.165, 1.54) is 29.5 Å². The topological polar surface area (TPSA) is 24.9 Å². The van der Waals surface area contributed by atoms with Gasteiger partial charge in [0.05, 0.1) is 5.02 Å². The van der Waals surface area contributed by atoms with Gasteiger partial charge >= 0.3 is 0 Å². The first kappa shape index (κ1) is 13.6. The van der Waals surface area contributed by atoms with Crippen molar-refractivity contribution in [3.8, 4) is 0 Å². The lowest BCUT2D eigenvalue weighted by molar-refractivity contribution is 0.456. The summed E-state index contributed by atoms with van der Waals surface area (Å²) < 4.78 is 0. The maximum Gasteiger partial charge on any atom is 0.0621 e. The van der Waals surface area contributed by atoms with Crippen molar-refractivity contribution in [2.24, 2.45) is 0 Å². The highest BCUT2D eigenvalue weighted by Gasteiger charge is 2.28. The van der Waals surface area contributed by atoms with Crippen LogP contribution < -0.4 is 5.32 Å². The van der Waals surface area contributed by atoms with Crippen molar-refractivity contribution in [1.82, 2.24) is 10.3 Å². The van der Waals surface area contributed by atoms with E-state index in [0.29, 0.717) is 12.0 Å². The number of fused-ring (bicyclic) bond motifs is 1. The summed E-state index contributed by atoms with van der Waals surface area (Å²) in [6.45, 7) is 0. The number of likely N-dealkylation sites (N-methyl/N-ethyl adjacent to an activating group) is 1.